The van der Waals surface area contributed by atoms with E-state index in [1.54, 1.807) is 19.2 Å². The highest BCUT2D eigenvalue weighted by atomic mass is 16.5. The molecule has 0 saturated carbocycles. The van der Waals surface area contributed by atoms with E-state index < -0.39 is 6.04 Å². The molecule has 1 aliphatic heterocycles. The molecule has 0 aromatic heterocycles. The molecule has 6 nitrogen and oxygen atoms in total. The van der Waals surface area contributed by atoms with Gasteiger partial charge in [-0.3, -0.25) is 15.0 Å². The van der Waals surface area contributed by atoms with E-state index in [9.17, 15) is 9.59 Å². The van der Waals surface area contributed by atoms with Crippen molar-refractivity contribution in [3.8, 4) is 5.75 Å². The lowest BCUT2D eigenvalue weighted by atomic mass is 10.00. The average Bonchev–Trinajstić information content (AvgIpc) is 2.96. The van der Waals surface area contributed by atoms with Crippen LogP contribution in [0.2, 0.25) is 0 Å². The Bertz CT molecular complexity index is 741. The lowest BCUT2D eigenvalue weighted by molar-refractivity contribution is -0.121. The Morgan fingerprint density at radius 2 is 1.75 bits per heavy atom. The number of aryl methyl sites for hydroxylation is 1. The molecular formula is C18H19N3O3. The molecule has 0 spiro atoms. The number of rotatable bonds is 4. The number of hydrogen-bond donors (Lipinski definition) is 3. The standard InChI is InChI=1S/C18H19N3O3/c1-11-3-5-13(6-4-11)17(22)19-16-15(20-21-18(16)23)12-7-9-14(24-2)10-8-12/h3-10,15-16,20H,1-2H3,(H,19,22)(H,21,23)/t15-,16-/m1/s1. The summed E-state index contributed by atoms with van der Waals surface area (Å²) in [6.45, 7) is 1.95. The Labute approximate surface area is 140 Å². The van der Waals surface area contributed by atoms with Gasteiger partial charge in [0.25, 0.3) is 11.8 Å². The molecule has 2 aromatic carbocycles. The predicted molar refractivity (Wildman–Crippen MR) is 89.4 cm³/mol. The third kappa shape index (κ3) is 3.23. The Kier molecular flexibility index (Phi) is 4.48. The van der Waals surface area contributed by atoms with Crippen LogP contribution in [0, 0.1) is 6.92 Å². The zero-order chi connectivity index (χ0) is 17.1. The highest BCUT2D eigenvalue weighted by molar-refractivity contribution is 5.98. The molecule has 3 rings (SSSR count). The van der Waals surface area contributed by atoms with Gasteiger partial charge in [0.1, 0.15) is 11.8 Å². The van der Waals surface area contributed by atoms with Crippen molar-refractivity contribution in [2.75, 3.05) is 7.11 Å². The first-order valence-corrected chi connectivity index (χ1v) is 7.65. The van der Waals surface area contributed by atoms with Crippen LogP contribution in [0.5, 0.6) is 5.75 Å². The summed E-state index contributed by atoms with van der Waals surface area (Å²) >= 11 is 0. The summed E-state index contributed by atoms with van der Waals surface area (Å²) in [5.41, 5.74) is 7.97. The van der Waals surface area contributed by atoms with Crippen LogP contribution in [0.4, 0.5) is 0 Å². The third-order valence-corrected chi connectivity index (χ3v) is 4.04. The van der Waals surface area contributed by atoms with Gasteiger partial charge in [-0.2, -0.15) is 0 Å². The Morgan fingerprint density at radius 1 is 1.08 bits per heavy atom. The molecule has 0 unspecified atom stereocenters. The summed E-state index contributed by atoms with van der Waals surface area (Å²) in [6, 6.07) is 13.5. The number of nitrogens with one attached hydrogen (secondary N) is 3. The van der Waals surface area contributed by atoms with E-state index in [4.69, 9.17) is 4.74 Å². The number of carbonyl (C=O) groups is 2. The Hall–Kier alpha value is -2.86. The SMILES string of the molecule is COc1ccc([C@H]2NNC(=O)[C@@H]2NC(=O)c2ccc(C)cc2)cc1. The fourth-order valence-corrected chi connectivity index (χ4v) is 2.63. The van der Waals surface area contributed by atoms with Gasteiger partial charge in [0, 0.05) is 5.56 Å². The minimum Gasteiger partial charge on any atom is -0.497 e. The van der Waals surface area contributed by atoms with E-state index in [1.807, 2.05) is 43.3 Å². The van der Waals surface area contributed by atoms with E-state index in [1.165, 1.54) is 0 Å². The molecule has 3 N–H and O–H groups in total. The van der Waals surface area contributed by atoms with Gasteiger partial charge in [-0.1, -0.05) is 29.8 Å². The molecule has 1 heterocycles. The number of carbonyl (C=O) groups excluding carboxylic acids is 2. The average molecular weight is 325 g/mol. The van der Waals surface area contributed by atoms with Crippen molar-refractivity contribution >= 4 is 11.8 Å². The van der Waals surface area contributed by atoms with E-state index >= 15 is 0 Å². The highest BCUT2D eigenvalue weighted by Gasteiger charge is 2.36. The van der Waals surface area contributed by atoms with Crippen LogP contribution >= 0.6 is 0 Å². The van der Waals surface area contributed by atoms with Crippen LogP contribution in [0.1, 0.15) is 27.5 Å². The molecule has 124 valence electrons. The maximum Gasteiger partial charge on any atom is 0.258 e. The van der Waals surface area contributed by atoms with Crippen LogP contribution in [0.15, 0.2) is 48.5 Å². The summed E-state index contributed by atoms with van der Waals surface area (Å²) < 4.78 is 5.14. The second-order valence-corrected chi connectivity index (χ2v) is 5.70. The van der Waals surface area contributed by atoms with Crippen molar-refractivity contribution in [1.82, 2.24) is 16.2 Å². The van der Waals surface area contributed by atoms with Gasteiger partial charge in [-0.05, 0) is 36.8 Å². The third-order valence-electron chi connectivity index (χ3n) is 4.04. The molecule has 2 amide bonds. The zero-order valence-electron chi connectivity index (χ0n) is 13.5. The molecular weight excluding hydrogens is 306 g/mol. The van der Waals surface area contributed by atoms with Gasteiger partial charge in [0.2, 0.25) is 0 Å². The molecule has 1 aliphatic rings. The lowest BCUT2D eigenvalue weighted by Crippen LogP contribution is -2.42. The van der Waals surface area contributed by atoms with Gasteiger partial charge in [0.15, 0.2) is 0 Å². The molecule has 1 fully saturated rings. The summed E-state index contributed by atoms with van der Waals surface area (Å²) in [5, 5.41) is 2.80. The monoisotopic (exact) mass is 325 g/mol. The lowest BCUT2D eigenvalue weighted by Gasteiger charge is -2.18. The van der Waals surface area contributed by atoms with E-state index in [0.717, 1.165) is 16.9 Å². The first kappa shape index (κ1) is 16.0. The summed E-state index contributed by atoms with van der Waals surface area (Å²) in [6.07, 6.45) is 0. The summed E-state index contributed by atoms with van der Waals surface area (Å²) in [5.74, 6) is 0.185. The van der Waals surface area contributed by atoms with Crippen molar-refractivity contribution in [3.05, 3.63) is 65.2 Å². The number of hydrazine groups is 1. The number of ether oxygens (including phenoxy) is 1. The number of amides is 2. The zero-order valence-corrected chi connectivity index (χ0v) is 13.5. The van der Waals surface area contributed by atoms with Gasteiger partial charge in [-0.15, -0.1) is 0 Å². The van der Waals surface area contributed by atoms with Crippen molar-refractivity contribution in [2.45, 2.75) is 19.0 Å². The minimum atomic E-state index is -0.688. The molecule has 0 bridgehead atoms. The molecule has 2 aromatic rings. The second-order valence-electron chi connectivity index (χ2n) is 5.70. The molecule has 1 saturated heterocycles. The summed E-state index contributed by atoms with van der Waals surface area (Å²) in [4.78, 5) is 24.5. The Morgan fingerprint density at radius 3 is 2.38 bits per heavy atom. The molecule has 24 heavy (non-hydrogen) atoms. The van der Waals surface area contributed by atoms with Crippen molar-refractivity contribution in [1.29, 1.82) is 0 Å². The van der Waals surface area contributed by atoms with Crippen LogP contribution in [-0.2, 0) is 4.79 Å². The molecule has 0 aliphatic carbocycles. The van der Waals surface area contributed by atoms with E-state index in [0.29, 0.717) is 5.56 Å². The van der Waals surface area contributed by atoms with Gasteiger partial charge in [-0.25, -0.2) is 5.43 Å². The maximum atomic E-state index is 12.4. The van der Waals surface area contributed by atoms with Gasteiger partial charge in [0.05, 0.1) is 13.2 Å². The molecule has 0 radical (unpaired) electrons. The van der Waals surface area contributed by atoms with Crippen LogP contribution in [0.3, 0.4) is 0 Å². The van der Waals surface area contributed by atoms with E-state index in [-0.39, 0.29) is 17.9 Å². The quantitative estimate of drug-likeness (QED) is 0.795. The maximum absolute atomic E-state index is 12.4. The van der Waals surface area contributed by atoms with Gasteiger partial charge >= 0.3 is 0 Å². The second kappa shape index (κ2) is 6.72. The van der Waals surface area contributed by atoms with Crippen LogP contribution in [0.25, 0.3) is 0 Å². The topological polar surface area (TPSA) is 79.5 Å². The van der Waals surface area contributed by atoms with Crippen molar-refractivity contribution in [2.24, 2.45) is 0 Å². The van der Waals surface area contributed by atoms with Crippen LogP contribution in [-0.4, -0.2) is 25.0 Å². The normalized spacial score (nSPS) is 19.7. The molecule has 2 atom stereocenters. The number of methoxy groups -OCH3 is 1. The minimum absolute atomic E-state index is 0.267. The fourth-order valence-electron chi connectivity index (χ4n) is 2.63. The Balaban J connectivity index is 1.77. The fraction of sp³-hybridized carbons (Fsp3) is 0.222. The van der Waals surface area contributed by atoms with Crippen LogP contribution < -0.4 is 20.9 Å². The number of benzene rings is 2. The molecule has 6 heteroatoms. The summed E-state index contributed by atoms with van der Waals surface area (Å²) in [7, 11) is 1.60. The first-order chi connectivity index (χ1) is 11.6. The van der Waals surface area contributed by atoms with Gasteiger partial charge < -0.3 is 10.1 Å². The largest absolute Gasteiger partial charge is 0.497 e. The van der Waals surface area contributed by atoms with E-state index in [2.05, 4.69) is 16.2 Å². The highest BCUT2D eigenvalue weighted by Crippen LogP contribution is 2.23. The predicted octanol–water partition coefficient (Wildman–Crippen LogP) is 1.48. The van der Waals surface area contributed by atoms with Crippen molar-refractivity contribution in [3.63, 3.8) is 0 Å². The smallest absolute Gasteiger partial charge is 0.258 e. The first-order valence-electron chi connectivity index (χ1n) is 7.65. The number of hydrogen-bond acceptors (Lipinski definition) is 4. The van der Waals surface area contributed by atoms with Crippen molar-refractivity contribution < 1.29 is 14.3 Å².